The van der Waals surface area contributed by atoms with Gasteiger partial charge < -0.3 is 25.2 Å². The molecule has 1 saturated carbocycles. The van der Waals surface area contributed by atoms with E-state index in [1.54, 1.807) is 6.92 Å². The Balaban J connectivity index is 1.39. The van der Waals surface area contributed by atoms with Crippen LogP contribution < -0.4 is 10.6 Å². The Morgan fingerprint density at radius 2 is 1.71 bits per heavy atom. The molecule has 8 heteroatoms. The number of rotatable bonds is 8. The Hall–Kier alpha value is -3.39. The van der Waals surface area contributed by atoms with E-state index in [0.717, 1.165) is 22.3 Å². The molecule has 2 aromatic rings. The molecule has 0 aromatic heterocycles. The molecule has 2 amide bonds. The number of hydrogen-bond acceptors (Lipinski definition) is 5. The van der Waals surface area contributed by atoms with Crippen LogP contribution in [0.4, 0.5) is 4.79 Å². The van der Waals surface area contributed by atoms with Gasteiger partial charge in [-0.2, -0.15) is 0 Å². The lowest BCUT2D eigenvalue weighted by Crippen LogP contribution is -2.55. The molecule has 4 rings (SSSR count). The number of carbonyl (C=O) groups excluding carboxylic acids is 2. The van der Waals surface area contributed by atoms with E-state index in [9.17, 15) is 19.5 Å². The second-order valence-corrected chi connectivity index (χ2v) is 9.15. The van der Waals surface area contributed by atoms with Crippen molar-refractivity contribution in [1.29, 1.82) is 0 Å². The normalized spacial score (nSPS) is 21.9. The van der Waals surface area contributed by atoms with Crippen molar-refractivity contribution in [2.45, 2.75) is 44.2 Å². The largest absolute Gasteiger partial charge is 0.481 e. The summed E-state index contributed by atoms with van der Waals surface area (Å²) >= 11 is 0. The minimum Gasteiger partial charge on any atom is -0.481 e. The number of nitrogens with one attached hydrogen (secondary N) is 2. The van der Waals surface area contributed by atoms with Gasteiger partial charge in [-0.1, -0.05) is 55.0 Å². The van der Waals surface area contributed by atoms with E-state index in [4.69, 9.17) is 9.47 Å². The van der Waals surface area contributed by atoms with Gasteiger partial charge in [-0.3, -0.25) is 9.59 Å². The third kappa shape index (κ3) is 4.50. The van der Waals surface area contributed by atoms with E-state index in [1.807, 2.05) is 36.4 Å². The first-order valence-corrected chi connectivity index (χ1v) is 11.5. The second-order valence-electron chi connectivity index (χ2n) is 9.15. The van der Waals surface area contributed by atoms with Gasteiger partial charge in [0.15, 0.2) is 0 Å². The Bertz CT molecular complexity index is 1040. The van der Waals surface area contributed by atoms with Crippen LogP contribution in [-0.2, 0) is 19.1 Å². The molecule has 0 heterocycles. The highest BCUT2D eigenvalue weighted by Gasteiger charge is 2.46. The Labute approximate surface area is 198 Å². The highest BCUT2D eigenvalue weighted by Crippen LogP contribution is 2.44. The number of fused-ring (bicyclic) bond motifs is 3. The number of aliphatic carboxylic acids is 1. The van der Waals surface area contributed by atoms with E-state index >= 15 is 0 Å². The summed E-state index contributed by atoms with van der Waals surface area (Å²) in [5.74, 6) is -1.53. The average Bonchev–Trinajstić information content (AvgIpc) is 3.36. The number of carboxylic acid groups (broad SMARTS) is 1. The zero-order valence-corrected chi connectivity index (χ0v) is 19.4. The van der Waals surface area contributed by atoms with Crippen molar-refractivity contribution >= 4 is 18.0 Å². The van der Waals surface area contributed by atoms with Gasteiger partial charge in [0, 0.05) is 19.1 Å². The van der Waals surface area contributed by atoms with Gasteiger partial charge in [0.25, 0.3) is 0 Å². The molecule has 180 valence electrons. The molecule has 0 bridgehead atoms. The highest BCUT2D eigenvalue weighted by molar-refractivity contribution is 5.87. The molecule has 3 atom stereocenters. The fourth-order valence-corrected chi connectivity index (χ4v) is 5.06. The van der Waals surface area contributed by atoms with Crippen LogP contribution in [0.3, 0.4) is 0 Å². The number of methoxy groups -OCH3 is 1. The SMILES string of the molecule is COC[C@H](NC(=O)OCC1c2ccccc2-c2ccccc21)C(=O)NC1CCCC1(C)C(=O)O. The summed E-state index contributed by atoms with van der Waals surface area (Å²) in [6, 6.07) is 14.6. The number of carboxylic acids is 1. The standard InChI is InChI=1S/C26H30N2O6/c1-26(24(30)31)13-7-12-22(26)28-23(29)21(15-33-2)27-25(32)34-14-20-18-10-5-3-8-16(18)17-9-4-6-11-19(17)20/h3-6,8-11,20-22H,7,12-15H2,1-2H3,(H,27,32)(H,28,29)(H,30,31)/t21-,22?,26?/m0/s1. The minimum absolute atomic E-state index is 0.0630. The van der Waals surface area contributed by atoms with E-state index < -0.39 is 35.5 Å². The van der Waals surface area contributed by atoms with Gasteiger partial charge in [0.2, 0.25) is 5.91 Å². The lowest BCUT2D eigenvalue weighted by Gasteiger charge is -2.29. The number of benzene rings is 2. The van der Waals surface area contributed by atoms with Crippen molar-refractivity contribution in [2.24, 2.45) is 5.41 Å². The van der Waals surface area contributed by atoms with Crippen LogP contribution in [-0.4, -0.2) is 55.5 Å². The predicted octanol–water partition coefficient (Wildman–Crippen LogP) is 3.30. The maximum atomic E-state index is 12.9. The van der Waals surface area contributed by atoms with Crippen LogP contribution in [0.2, 0.25) is 0 Å². The van der Waals surface area contributed by atoms with E-state index in [1.165, 1.54) is 7.11 Å². The molecule has 3 N–H and O–H groups in total. The van der Waals surface area contributed by atoms with E-state index in [0.29, 0.717) is 19.3 Å². The Morgan fingerprint density at radius 3 is 2.29 bits per heavy atom. The topological polar surface area (TPSA) is 114 Å². The third-order valence-corrected chi connectivity index (χ3v) is 7.05. The molecule has 0 radical (unpaired) electrons. The molecule has 1 fully saturated rings. The number of amides is 2. The van der Waals surface area contributed by atoms with Crippen molar-refractivity contribution in [1.82, 2.24) is 10.6 Å². The number of hydrogen-bond donors (Lipinski definition) is 3. The van der Waals surface area contributed by atoms with Gasteiger partial charge >= 0.3 is 12.1 Å². The minimum atomic E-state index is -1.03. The lowest BCUT2D eigenvalue weighted by molar-refractivity contribution is -0.149. The van der Waals surface area contributed by atoms with Crippen LogP contribution >= 0.6 is 0 Å². The van der Waals surface area contributed by atoms with Crippen LogP contribution in [0.25, 0.3) is 11.1 Å². The van der Waals surface area contributed by atoms with Crippen molar-refractivity contribution < 1.29 is 29.0 Å². The molecular formula is C26H30N2O6. The first kappa shape index (κ1) is 23.8. The van der Waals surface area contributed by atoms with Crippen molar-refractivity contribution in [3.8, 4) is 11.1 Å². The zero-order chi connectivity index (χ0) is 24.3. The van der Waals surface area contributed by atoms with Gasteiger partial charge in [0.05, 0.1) is 12.0 Å². The second kappa shape index (κ2) is 9.85. The average molecular weight is 467 g/mol. The zero-order valence-electron chi connectivity index (χ0n) is 19.4. The predicted molar refractivity (Wildman–Crippen MR) is 125 cm³/mol. The molecule has 0 spiro atoms. The molecule has 0 aliphatic heterocycles. The molecule has 2 aromatic carbocycles. The van der Waals surface area contributed by atoms with Crippen LogP contribution in [0, 0.1) is 5.41 Å². The molecule has 8 nitrogen and oxygen atoms in total. The van der Waals surface area contributed by atoms with Crippen LogP contribution in [0.5, 0.6) is 0 Å². The van der Waals surface area contributed by atoms with E-state index in [2.05, 4.69) is 22.8 Å². The first-order valence-electron chi connectivity index (χ1n) is 11.5. The van der Waals surface area contributed by atoms with Crippen LogP contribution in [0.1, 0.15) is 43.2 Å². The summed E-state index contributed by atoms with van der Waals surface area (Å²) < 4.78 is 10.6. The smallest absolute Gasteiger partial charge is 0.407 e. The molecular weight excluding hydrogens is 436 g/mol. The van der Waals surface area contributed by atoms with Crippen molar-refractivity contribution in [2.75, 3.05) is 20.3 Å². The molecule has 2 aliphatic carbocycles. The lowest BCUT2D eigenvalue weighted by atomic mass is 9.85. The maximum Gasteiger partial charge on any atom is 0.407 e. The molecule has 2 unspecified atom stereocenters. The van der Waals surface area contributed by atoms with Gasteiger partial charge in [-0.25, -0.2) is 4.79 Å². The fraction of sp³-hybridized carbons (Fsp3) is 0.423. The molecule has 2 aliphatic rings. The number of alkyl carbamates (subject to hydrolysis) is 1. The fourth-order valence-electron chi connectivity index (χ4n) is 5.06. The van der Waals surface area contributed by atoms with Gasteiger partial charge in [0.1, 0.15) is 12.6 Å². The van der Waals surface area contributed by atoms with Gasteiger partial charge in [-0.15, -0.1) is 0 Å². The summed E-state index contributed by atoms with van der Waals surface area (Å²) in [5, 5.41) is 15.0. The maximum absolute atomic E-state index is 12.9. The summed E-state index contributed by atoms with van der Waals surface area (Å²) in [6.45, 7) is 1.70. The van der Waals surface area contributed by atoms with Crippen LogP contribution in [0.15, 0.2) is 48.5 Å². The number of ether oxygens (including phenoxy) is 2. The van der Waals surface area contributed by atoms with Crippen molar-refractivity contribution in [3.05, 3.63) is 59.7 Å². The Kier molecular flexibility index (Phi) is 6.88. The van der Waals surface area contributed by atoms with E-state index in [-0.39, 0.29) is 19.1 Å². The summed E-state index contributed by atoms with van der Waals surface area (Å²) in [5.41, 5.74) is 3.41. The number of carbonyl (C=O) groups is 3. The molecule has 0 saturated heterocycles. The quantitative estimate of drug-likeness (QED) is 0.550. The molecule has 34 heavy (non-hydrogen) atoms. The summed E-state index contributed by atoms with van der Waals surface area (Å²) in [4.78, 5) is 37.2. The Morgan fingerprint density at radius 1 is 1.09 bits per heavy atom. The van der Waals surface area contributed by atoms with Gasteiger partial charge in [-0.05, 0) is 42.0 Å². The van der Waals surface area contributed by atoms with Crippen molar-refractivity contribution in [3.63, 3.8) is 0 Å². The first-order chi connectivity index (χ1) is 16.3. The summed E-state index contributed by atoms with van der Waals surface area (Å²) in [6.07, 6.45) is 1.04. The monoisotopic (exact) mass is 466 g/mol. The third-order valence-electron chi connectivity index (χ3n) is 7.05. The summed E-state index contributed by atoms with van der Waals surface area (Å²) in [7, 11) is 1.43. The highest BCUT2D eigenvalue weighted by atomic mass is 16.5.